The van der Waals surface area contributed by atoms with E-state index < -0.39 is 0 Å². The number of allylic oxidation sites excluding steroid dienone is 3. The molecule has 1 aliphatic rings. The van der Waals surface area contributed by atoms with Gasteiger partial charge in [-0.15, -0.1) is 0 Å². The third-order valence-corrected chi connectivity index (χ3v) is 2.80. The van der Waals surface area contributed by atoms with Crippen molar-refractivity contribution in [1.82, 2.24) is 9.80 Å². The Balaban J connectivity index is 2.57. The second-order valence-corrected chi connectivity index (χ2v) is 3.74. The molecule has 1 rings (SSSR count). The van der Waals surface area contributed by atoms with Crippen LogP contribution in [0.25, 0.3) is 0 Å². The number of hydrogen-bond acceptors (Lipinski definition) is 4. The fourth-order valence-corrected chi connectivity index (χ4v) is 1.82. The van der Waals surface area contributed by atoms with Crippen molar-refractivity contribution < 1.29 is 0 Å². The highest BCUT2D eigenvalue weighted by molar-refractivity contribution is 5.78. The lowest BCUT2D eigenvalue weighted by molar-refractivity contribution is 0.171. The van der Waals surface area contributed by atoms with Gasteiger partial charge in [0.1, 0.15) is 0 Å². The molecule has 0 aromatic carbocycles. The molecule has 0 aliphatic carbocycles. The Kier molecular flexibility index (Phi) is 5.82. The van der Waals surface area contributed by atoms with Crippen molar-refractivity contribution in [3.05, 3.63) is 24.4 Å². The minimum Gasteiger partial charge on any atom is -0.368 e. The van der Waals surface area contributed by atoms with Gasteiger partial charge in [0.15, 0.2) is 0 Å². The van der Waals surface area contributed by atoms with Crippen LogP contribution in [0.3, 0.4) is 0 Å². The number of rotatable bonds is 5. The lowest BCUT2D eigenvalue weighted by Crippen LogP contribution is -2.45. The summed E-state index contributed by atoms with van der Waals surface area (Å²) in [5, 5.41) is 0. The summed E-state index contributed by atoms with van der Waals surface area (Å²) in [5.74, 6) is 0. The van der Waals surface area contributed by atoms with Crippen LogP contribution in [0.2, 0.25) is 0 Å². The van der Waals surface area contributed by atoms with Crippen molar-refractivity contribution in [1.29, 1.82) is 0 Å². The van der Waals surface area contributed by atoms with Crippen molar-refractivity contribution >= 4 is 6.21 Å². The highest BCUT2D eigenvalue weighted by Gasteiger charge is 2.15. The molecule has 4 heteroatoms. The van der Waals surface area contributed by atoms with Crippen LogP contribution in [0, 0.1) is 0 Å². The number of nitrogens with two attached hydrogens (primary N) is 1. The molecule has 90 valence electrons. The maximum atomic E-state index is 5.37. The first-order valence-corrected chi connectivity index (χ1v) is 5.81. The van der Waals surface area contributed by atoms with Gasteiger partial charge in [-0.05, 0) is 12.6 Å². The van der Waals surface area contributed by atoms with Gasteiger partial charge in [0.25, 0.3) is 0 Å². The van der Waals surface area contributed by atoms with E-state index in [1.807, 2.05) is 12.3 Å². The van der Waals surface area contributed by atoms with E-state index in [-0.39, 0.29) is 0 Å². The highest BCUT2D eigenvalue weighted by Crippen LogP contribution is 2.08. The molecule has 0 aromatic rings. The predicted octanol–water partition coefficient (Wildman–Crippen LogP) is 0.681. The molecule has 16 heavy (non-hydrogen) atoms. The Morgan fingerprint density at radius 2 is 2.06 bits per heavy atom. The molecule has 0 bridgehead atoms. The second-order valence-electron chi connectivity index (χ2n) is 3.74. The SMILES string of the molecule is C=C/C=C(\C=NCN)N1CCN(CC)CC1. The van der Waals surface area contributed by atoms with E-state index in [4.69, 9.17) is 5.73 Å². The van der Waals surface area contributed by atoms with Gasteiger partial charge in [0.05, 0.1) is 12.4 Å². The normalized spacial score (nSPS) is 19.4. The minimum atomic E-state index is 0.337. The summed E-state index contributed by atoms with van der Waals surface area (Å²) in [5.41, 5.74) is 6.48. The van der Waals surface area contributed by atoms with Crippen LogP contribution in [-0.2, 0) is 0 Å². The molecule has 1 saturated heterocycles. The summed E-state index contributed by atoms with van der Waals surface area (Å²) < 4.78 is 0. The number of likely N-dealkylation sites (N-methyl/N-ethyl adjacent to an activating group) is 1. The van der Waals surface area contributed by atoms with E-state index in [0.29, 0.717) is 6.67 Å². The number of hydrogen-bond donors (Lipinski definition) is 1. The van der Waals surface area contributed by atoms with E-state index in [1.165, 1.54) is 0 Å². The summed E-state index contributed by atoms with van der Waals surface area (Å²) in [6, 6.07) is 0. The number of piperazine rings is 1. The van der Waals surface area contributed by atoms with Crippen LogP contribution in [0.5, 0.6) is 0 Å². The monoisotopic (exact) mass is 222 g/mol. The minimum absolute atomic E-state index is 0.337. The zero-order chi connectivity index (χ0) is 11.8. The zero-order valence-electron chi connectivity index (χ0n) is 10.1. The summed E-state index contributed by atoms with van der Waals surface area (Å²) in [6.45, 7) is 11.7. The van der Waals surface area contributed by atoms with E-state index in [2.05, 4.69) is 28.3 Å². The third kappa shape index (κ3) is 3.79. The topological polar surface area (TPSA) is 44.9 Å². The van der Waals surface area contributed by atoms with Crippen molar-refractivity contribution in [3.8, 4) is 0 Å². The molecular weight excluding hydrogens is 200 g/mol. The van der Waals surface area contributed by atoms with E-state index in [9.17, 15) is 0 Å². The first-order chi connectivity index (χ1) is 7.81. The zero-order valence-corrected chi connectivity index (χ0v) is 10.1. The molecule has 1 heterocycles. The fourth-order valence-electron chi connectivity index (χ4n) is 1.82. The molecule has 0 radical (unpaired) electrons. The Morgan fingerprint density at radius 1 is 1.38 bits per heavy atom. The maximum absolute atomic E-state index is 5.37. The first-order valence-electron chi connectivity index (χ1n) is 5.81. The van der Waals surface area contributed by atoms with Crippen molar-refractivity contribution in [3.63, 3.8) is 0 Å². The lowest BCUT2D eigenvalue weighted by Gasteiger charge is -2.35. The van der Waals surface area contributed by atoms with Crippen LogP contribution >= 0.6 is 0 Å². The summed E-state index contributed by atoms with van der Waals surface area (Å²) >= 11 is 0. The van der Waals surface area contributed by atoms with Crippen molar-refractivity contribution in [2.45, 2.75) is 6.92 Å². The van der Waals surface area contributed by atoms with E-state index in [1.54, 1.807) is 6.08 Å². The number of nitrogens with zero attached hydrogens (tertiary/aromatic N) is 3. The van der Waals surface area contributed by atoms with Gasteiger partial charge in [-0.1, -0.05) is 19.6 Å². The average molecular weight is 222 g/mol. The largest absolute Gasteiger partial charge is 0.368 e. The van der Waals surface area contributed by atoms with Gasteiger partial charge in [-0.2, -0.15) is 0 Å². The van der Waals surface area contributed by atoms with Crippen LogP contribution in [0.1, 0.15) is 6.92 Å². The molecule has 4 nitrogen and oxygen atoms in total. The average Bonchev–Trinajstić information content (AvgIpc) is 2.35. The van der Waals surface area contributed by atoms with E-state index in [0.717, 1.165) is 38.4 Å². The van der Waals surface area contributed by atoms with Crippen LogP contribution in [0.15, 0.2) is 29.4 Å². The molecule has 0 amide bonds. The molecule has 0 unspecified atom stereocenters. The Bertz CT molecular complexity index is 262. The van der Waals surface area contributed by atoms with Crippen LogP contribution in [0.4, 0.5) is 0 Å². The van der Waals surface area contributed by atoms with Gasteiger partial charge >= 0.3 is 0 Å². The molecule has 1 fully saturated rings. The van der Waals surface area contributed by atoms with Crippen LogP contribution < -0.4 is 5.73 Å². The Morgan fingerprint density at radius 3 is 2.56 bits per heavy atom. The predicted molar refractivity (Wildman–Crippen MR) is 69.5 cm³/mol. The van der Waals surface area contributed by atoms with Crippen molar-refractivity contribution in [2.75, 3.05) is 39.4 Å². The van der Waals surface area contributed by atoms with Crippen LogP contribution in [-0.4, -0.2) is 55.4 Å². The lowest BCUT2D eigenvalue weighted by atomic mass is 10.2. The second kappa shape index (κ2) is 7.19. The molecule has 1 aliphatic heterocycles. The van der Waals surface area contributed by atoms with Gasteiger partial charge in [-0.25, -0.2) is 0 Å². The Hall–Kier alpha value is -1.13. The molecule has 0 aromatic heterocycles. The third-order valence-electron chi connectivity index (χ3n) is 2.80. The summed E-state index contributed by atoms with van der Waals surface area (Å²) in [4.78, 5) is 8.86. The summed E-state index contributed by atoms with van der Waals surface area (Å²) in [7, 11) is 0. The standard InChI is InChI=1S/C12H22N4/c1-3-5-12(10-14-11-13)16-8-6-15(4-2)7-9-16/h3,5,10H,1,4,6-9,11,13H2,2H3/b12-5+,14-10?. The molecule has 0 saturated carbocycles. The van der Waals surface area contributed by atoms with Gasteiger partial charge < -0.3 is 15.5 Å². The first kappa shape index (κ1) is 12.9. The van der Waals surface area contributed by atoms with Gasteiger partial charge in [0.2, 0.25) is 0 Å². The van der Waals surface area contributed by atoms with Gasteiger partial charge in [0, 0.05) is 32.4 Å². The quantitative estimate of drug-likeness (QED) is 0.549. The fraction of sp³-hybridized carbons (Fsp3) is 0.583. The molecule has 2 N–H and O–H groups in total. The number of aliphatic imine (C=N–C) groups is 1. The van der Waals surface area contributed by atoms with Crippen molar-refractivity contribution in [2.24, 2.45) is 10.7 Å². The van der Waals surface area contributed by atoms with Gasteiger partial charge in [-0.3, -0.25) is 4.99 Å². The maximum Gasteiger partial charge on any atom is 0.0860 e. The molecule has 0 atom stereocenters. The Labute approximate surface area is 98.1 Å². The summed E-state index contributed by atoms with van der Waals surface area (Å²) in [6.07, 6.45) is 5.62. The molecular formula is C12H22N4. The van der Waals surface area contributed by atoms with E-state index >= 15 is 0 Å². The highest BCUT2D eigenvalue weighted by atomic mass is 15.3. The smallest absolute Gasteiger partial charge is 0.0860 e. The molecule has 0 spiro atoms.